The number of benzene rings is 1. The zero-order valence-electron chi connectivity index (χ0n) is 15.1. The van der Waals surface area contributed by atoms with E-state index in [4.69, 9.17) is 4.52 Å². The Morgan fingerprint density at radius 2 is 2.04 bits per heavy atom. The molecule has 1 N–H and O–H groups in total. The fraction of sp³-hybridized carbons (Fsp3) is 0.333. The SMILES string of the molecule is c1csc(-c2noc(C3CCN(CCc4c[nH]c5ccccc45)CC3)n2)c1. The molecule has 0 unspecified atom stereocenters. The molecule has 6 heteroatoms. The van der Waals surface area contributed by atoms with Crippen molar-refractivity contribution >= 4 is 22.2 Å². The lowest BCUT2D eigenvalue weighted by Gasteiger charge is -2.30. The summed E-state index contributed by atoms with van der Waals surface area (Å²) < 4.78 is 5.55. The van der Waals surface area contributed by atoms with E-state index < -0.39 is 0 Å². The van der Waals surface area contributed by atoms with Gasteiger partial charge in [0.2, 0.25) is 11.7 Å². The summed E-state index contributed by atoms with van der Waals surface area (Å²) in [6.45, 7) is 3.27. The number of para-hydroxylation sites is 1. The number of hydrogen-bond acceptors (Lipinski definition) is 5. The standard InChI is InChI=1S/C21H22N4OS/c1-2-5-18-17(4-1)16(14-22-18)9-12-25-10-7-15(8-11-25)21-23-20(24-26-21)19-6-3-13-27-19/h1-6,13-15,22H,7-12H2. The summed E-state index contributed by atoms with van der Waals surface area (Å²) >= 11 is 1.65. The van der Waals surface area contributed by atoms with Crippen LogP contribution in [0.25, 0.3) is 21.6 Å². The van der Waals surface area contributed by atoms with Gasteiger partial charge in [-0.1, -0.05) is 29.4 Å². The molecular formula is C21H22N4OS. The molecule has 0 amide bonds. The van der Waals surface area contributed by atoms with E-state index in [9.17, 15) is 0 Å². The predicted octanol–water partition coefficient (Wildman–Crippen LogP) is 4.70. The quantitative estimate of drug-likeness (QED) is 0.547. The minimum Gasteiger partial charge on any atom is -0.361 e. The molecule has 5 rings (SSSR count). The van der Waals surface area contributed by atoms with Gasteiger partial charge in [-0.3, -0.25) is 0 Å². The molecule has 4 heterocycles. The van der Waals surface area contributed by atoms with Gasteiger partial charge in [-0.15, -0.1) is 11.3 Å². The number of hydrogen-bond donors (Lipinski definition) is 1. The molecule has 0 aliphatic carbocycles. The number of thiophene rings is 1. The number of fused-ring (bicyclic) bond motifs is 1. The van der Waals surface area contributed by atoms with Crippen LogP contribution in [0.2, 0.25) is 0 Å². The van der Waals surface area contributed by atoms with Gasteiger partial charge >= 0.3 is 0 Å². The summed E-state index contributed by atoms with van der Waals surface area (Å²) in [6.07, 6.45) is 5.40. The van der Waals surface area contributed by atoms with Crippen LogP contribution in [0.4, 0.5) is 0 Å². The van der Waals surface area contributed by atoms with Gasteiger partial charge in [0.15, 0.2) is 0 Å². The van der Waals surface area contributed by atoms with Crippen molar-refractivity contribution in [1.29, 1.82) is 0 Å². The average Bonchev–Trinajstić information content (AvgIpc) is 3.47. The molecule has 3 aromatic heterocycles. The van der Waals surface area contributed by atoms with Crippen molar-refractivity contribution in [3.8, 4) is 10.7 Å². The highest BCUT2D eigenvalue weighted by Gasteiger charge is 2.25. The van der Waals surface area contributed by atoms with E-state index in [-0.39, 0.29) is 0 Å². The number of nitrogens with one attached hydrogen (secondary N) is 1. The van der Waals surface area contributed by atoms with Crippen molar-refractivity contribution in [2.45, 2.75) is 25.2 Å². The Balaban J connectivity index is 1.17. The Morgan fingerprint density at radius 3 is 2.89 bits per heavy atom. The fourth-order valence-corrected chi connectivity index (χ4v) is 4.58. The van der Waals surface area contributed by atoms with Gasteiger partial charge in [0.05, 0.1) is 4.88 Å². The van der Waals surface area contributed by atoms with E-state index in [2.05, 4.69) is 50.5 Å². The summed E-state index contributed by atoms with van der Waals surface area (Å²) in [7, 11) is 0. The first-order valence-electron chi connectivity index (χ1n) is 9.51. The maximum atomic E-state index is 5.55. The molecule has 138 valence electrons. The smallest absolute Gasteiger partial charge is 0.230 e. The Kier molecular flexibility index (Phi) is 4.51. The van der Waals surface area contributed by atoms with Crippen LogP contribution in [0.3, 0.4) is 0 Å². The predicted molar refractivity (Wildman–Crippen MR) is 108 cm³/mol. The molecule has 0 spiro atoms. The molecule has 1 aliphatic heterocycles. The summed E-state index contributed by atoms with van der Waals surface area (Å²) in [6, 6.07) is 12.6. The molecule has 5 nitrogen and oxygen atoms in total. The topological polar surface area (TPSA) is 58.0 Å². The number of piperidine rings is 1. The van der Waals surface area contributed by atoms with Crippen LogP contribution in [0.1, 0.15) is 30.2 Å². The number of likely N-dealkylation sites (tertiary alicyclic amines) is 1. The van der Waals surface area contributed by atoms with E-state index in [0.29, 0.717) is 5.92 Å². The maximum Gasteiger partial charge on any atom is 0.230 e. The van der Waals surface area contributed by atoms with Gasteiger partial charge in [-0.25, -0.2) is 0 Å². The van der Waals surface area contributed by atoms with Gasteiger partial charge < -0.3 is 14.4 Å². The molecule has 0 saturated carbocycles. The van der Waals surface area contributed by atoms with Crippen molar-refractivity contribution < 1.29 is 4.52 Å². The Bertz CT molecular complexity index is 1010. The normalized spacial score (nSPS) is 16.3. The van der Waals surface area contributed by atoms with Gasteiger partial charge in [0, 0.05) is 29.6 Å². The van der Waals surface area contributed by atoms with Crippen LogP contribution >= 0.6 is 11.3 Å². The number of nitrogens with zero attached hydrogens (tertiary/aromatic N) is 3. The van der Waals surface area contributed by atoms with Gasteiger partial charge in [-0.2, -0.15) is 4.98 Å². The minimum absolute atomic E-state index is 0.385. The van der Waals surface area contributed by atoms with Crippen molar-refractivity contribution in [1.82, 2.24) is 20.0 Å². The van der Waals surface area contributed by atoms with Crippen molar-refractivity contribution in [2.75, 3.05) is 19.6 Å². The number of rotatable bonds is 5. The summed E-state index contributed by atoms with van der Waals surface area (Å²) in [4.78, 5) is 11.6. The highest BCUT2D eigenvalue weighted by molar-refractivity contribution is 7.13. The lowest BCUT2D eigenvalue weighted by Crippen LogP contribution is -2.34. The maximum absolute atomic E-state index is 5.55. The minimum atomic E-state index is 0.385. The summed E-state index contributed by atoms with van der Waals surface area (Å²) in [5.74, 6) is 1.91. The molecule has 0 radical (unpaired) electrons. The fourth-order valence-electron chi connectivity index (χ4n) is 3.93. The van der Waals surface area contributed by atoms with Crippen molar-refractivity contribution in [2.24, 2.45) is 0 Å². The highest BCUT2D eigenvalue weighted by atomic mass is 32.1. The Labute approximate surface area is 162 Å². The summed E-state index contributed by atoms with van der Waals surface area (Å²) in [5.41, 5.74) is 2.63. The van der Waals surface area contributed by atoms with E-state index in [1.54, 1.807) is 11.3 Å². The molecule has 1 aliphatic rings. The van der Waals surface area contributed by atoms with Crippen molar-refractivity contribution in [3.63, 3.8) is 0 Å². The Hall–Kier alpha value is -2.44. The molecule has 0 atom stereocenters. The van der Waals surface area contributed by atoms with Gasteiger partial charge in [0.25, 0.3) is 0 Å². The zero-order chi connectivity index (χ0) is 18.1. The third-order valence-corrected chi connectivity index (χ3v) is 6.36. The van der Waals surface area contributed by atoms with Crippen LogP contribution in [-0.2, 0) is 6.42 Å². The Morgan fingerprint density at radius 1 is 1.15 bits per heavy atom. The first-order chi connectivity index (χ1) is 13.4. The monoisotopic (exact) mass is 378 g/mol. The van der Waals surface area contributed by atoms with Crippen LogP contribution in [-0.4, -0.2) is 39.7 Å². The zero-order valence-corrected chi connectivity index (χ0v) is 15.9. The lowest BCUT2D eigenvalue weighted by atomic mass is 9.96. The van der Waals surface area contributed by atoms with Crippen LogP contribution in [0.15, 0.2) is 52.5 Å². The lowest BCUT2D eigenvalue weighted by molar-refractivity contribution is 0.196. The van der Waals surface area contributed by atoms with Gasteiger partial charge in [-0.05, 0) is 55.4 Å². The molecule has 1 aromatic carbocycles. The molecule has 1 fully saturated rings. The van der Waals surface area contributed by atoms with Crippen LogP contribution in [0, 0.1) is 0 Å². The van der Waals surface area contributed by atoms with E-state index >= 15 is 0 Å². The third-order valence-electron chi connectivity index (χ3n) is 5.49. The number of H-pyrrole nitrogens is 1. The average molecular weight is 379 g/mol. The first-order valence-corrected chi connectivity index (χ1v) is 10.4. The second kappa shape index (κ2) is 7.29. The van der Waals surface area contributed by atoms with Crippen LogP contribution < -0.4 is 0 Å². The largest absolute Gasteiger partial charge is 0.361 e. The molecule has 0 bridgehead atoms. The number of aromatic nitrogens is 3. The molecule has 27 heavy (non-hydrogen) atoms. The first kappa shape index (κ1) is 16.7. The molecule has 1 saturated heterocycles. The third kappa shape index (κ3) is 3.42. The van der Waals surface area contributed by atoms with Crippen LogP contribution in [0.5, 0.6) is 0 Å². The second-order valence-corrected chi connectivity index (χ2v) is 8.11. The number of aromatic amines is 1. The van der Waals surface area contributed by atoms with E-state index in [1.807, 2.05) is 17.5 Å². The van der Waals surface area contributed by atoms with E-state index in [0.717, 1.165) is 55.5 Å². The van der Waals surface area contributed by atoms with Gasteiger partial charge in [0.1, 0.15) is 0 Å². The molecular weight excluding hydrogens is 356 g/mol. The second-order valence-electron chi connectivity index (χ2n) is 7.16. The molecule has 4 aromatic rings. The van der Waals surface area contributed by atoms with E-state index in [1.165, 1.54) is 16.5 Å². The van der Waals surface area contributed by atoms with Crippen molar-refractivity contribution in [3.05, 3.63) is 59.4 Å². The highest BCUT2D eigenvalue weighted by Crippen LogP contribution is 2.30. The summed E-state index contributed by atoms with van der Waals surface area (Å²) in [5, 5.41) is 7.55.